The third-order valence-corrected chi connectivity index (χ3v) is 3.20. The molecule has 94 valence electrons. The van der Waals surface area contributed by atoms with E-state index in [-0.39, 0.29) is 5.91 Å². The van der Waals surface area contributed by atoms with E-state index < -0.39 is 0 Å². The van der Waals surface area contributed by atoms with Crippen LogP contribution in [0.3, 0.4) is 0 Å². The van der Waals surface area contributed by atoms with Crippen LogP contribution < -0.4 is 11.1 Å². The number of aromatic nitrogens is 1. The maximum absolute atomic E-state index is 11.6. The average Bonchev–Trinajstić information content (AvgIpc) is 2.82. The molecule has 0 aliphatic heterocycles. The Balaban J connectivity index is 1.71. The first-order valence-corrected chi connectivity index (χ1v) is 6.67. The highest BCUT2D eigenvalue weighted by atomic mass is 32.1. The number of hydrogen-bond donors (Lipinski definition) is 2. The summed E-state index contributed by atoms with van der Waals surface area (Å²) in [4.78, 5) is 15.6. The maximum atomic E-state index is 11.6. The number of rotatable bonds is 5. The summed E-state index contributed by atoms with van der Waals surface area (Å²) in [5.74, 6) is -0.156. The van der Waals surface area contributed by atoms with Gasteiger partial charge in [-0.25, -0.2) is 4.98 Å². The molecule has 1 heterocycles. The predicted molar refractivity (Wildman–Crippen MR) is 73.6 cm³/mol. The fourth-order valence-electron chi connectivity index (χ4n) is 1.62. The van der Waals surface area contributed by atoms with E-state index in [0.717, 1.165) is 12.8 Å². The van der Waals surface area contributed by atoms with Crippen LogP contribution in [-0.4, -0.2) is 17.4 Å². The van der Waals surface area contributed by atoms with Crippen LogP contribution >= 0.6 is 11.3 Å². The summed E-state index contributed by atoms with van der Waals surface area (Å²) in [5, 5.41) is 4.92. The van der Waals surface area contributed by atoms with Crippen molar-refractivity contribution in [2.75, 3.05) is 12.3 Å². The Kier molecular flexibility index (Phi) is 4.30. The third-order valence-electron chi connectivity index (χ3n) is 2.53. The molecule has 0 fully saturated rings. The molecule has 0 saturated carbocycles. The molecular weight excluding hydrogens is 246 g/mol. The number of thiazole rings is 1. The van der Waals surface area contributed by atoms with Gasteiger partial charge in [-0.15, -0.1) is 11.3 Å². The van der Waals surface area contributed by atoms with Crippen molar-refractivity contribution in [2.24, 2.45) is 0 Å². The molecule has 0 spiro atoms. The van der Waals surface area contributed by atoms with Crippen molar-refractivity contribution in [3.05, 3.63) is 47.0 Å². The van der Waals surface area contributed by atoms with Crippen LogP contribution in [0.1, 0.15) is 22.5 Å². The van der Waals surface area contributed by atoms with Gasteiger partial charge in [0, 0.05) is 11.9 Å². The Morgan fingerprint density at radius 3 is 2.78 bits per heavy atom. The van der Waals surface area contributed by atoms with Crippen LogP contribution in [0, 0.1) is 0 Å². The number of benzene rings is 1. The second-order valence-electron chi connectivity index (χ2n) is 3.92. The van der Waals surface area contributed by atoms with Crippen molar-refractivity contribution in [1.82, 2.24) is 10.3 Å². The molecule has 0 saturated heterocycles. The van der Waals surface area contributed by atoms with Gasteiger partial charge >= 0.3 is 0 Å². The summed E-state index contributed by atoms with van der Waals surface area (Å²) in [6.07, 6.45) is 1.87. The lowest BCUT2D eigenvalue weighted by molar-refractivity contribution is 0.0949. The fraction of sp³-hybridized carbons (Fsp3) is 0.231. The molecule has 1 aromatic carbocycles. The number of carbonyl (C=O) groups excluding carboxylic acids is 1. The van der Waals surface area contributed by atoms with Gasteiger partial charge in [-0.1, -0.05) is 30.3 Å². The summed E-state index contributed by atoms with van der Waals surface area (Å²) in [6.45, 7) is 0.644. The van der Waals surface area contributed by atoms with Gasteiger partial charge in [-0.2, -0.15) is 0 Å². The highest BCUT2D eigenvalue weighted by Gasteiger charge is 2.08. The SMILES string of the molecule is Nc1nc(C(=O)NCCCc2ccccc2)cs1. The zero-order valence-corrected chi connectivity index (χ0v) is 10.7. The standard InChI is InChI=1S/C13H15N3OS/c14-13-16-11(9-18-13)12(17)15-8-4-7-10-5-2-1-3-6-10/h1-3,5-6,9H,4,7-8H2,(H2,14,16)(H,15,17). The number of hydrogen-bond acceptors (Lipinski definition) is 4. The summed E-state index contributed by atoms with van der Waals surface area (Å²) >= 11 is 1.27. The van der Waals surface area contributed by atoms with Crippen molar-refractivity contribution in [1.29, 1.82) is 0 Å². The molecule has 0 atom stereocenters. The highest BCUT2D eigenvalue weighted by molar-refractivity contribution is 7.13. The Labute approximate surface area is 110 Å². The maximum Gasteiger partial charge on any atom is 0.270 e. The van der Waals surface area contributed by atoms with Crippen LogP contribution in [0.2, 0.25) is 0 Å². The normalized spacial score (nSPS) is 10.2. The summed E-state index contributed by atoms with van der Waals surface area (Å²) in [5.41, 5.74) is 7.16. The smallest absolute Gasteiger partial charge is 0.270 e. The number of nitrogen functional groups attached to an aromatic ring is 1. The minimum Gasteiger partial charge on any atom is -0.375 e. The zero-order chi connectivity index (χ0) is 12.8. The zero-order valence-electron chi connectivity index (χ0n) is 9.93. The van der Waals surface area contributed by atoms with Gasteiger partial charge in [-0.3, -0.25) is 4.79 Å². The molecule has 1 amide bonds. The van der Waals surface area contributed by atoms with Crippen molar-refractivity contribution in [3.8, 4) is 0 Å². The molecule has 18 heavy (non-hydrogen) atoms. The van der Waals surface area contributed by atoms with E-state index in [4.69, 9.17) is 5.73 Å². The van der Waals surface area contributed by atoms with Crippen LogP contribution in [-0.2, 0) is 6.42 Å². The minimum atomic E-state index is -0.156. The van der Waals surface area contributed by atoms with Crippen LogP contribution in [0.4, 0.5) is 5.13 Å². The van der Waals surface area contributed by atoms with Gasteiger partial charge in [0.05, 0.1) is 0 Å². The first-order chi connectivity index (χ1) is 8.75. The number of aryl methyl sites for hydroxylation is 1. The number of nitrogens with one attached hydrogen (secondary N) is 1. The van der Waals surface area contributed by atoms with E-state index in [0.29, 0.717) is 17.4 Å². The van der Waals surface area contributed by atoms with Gasteiger partial charge < -0.3 is 11.1 Å². The lowest BCUT2D eigenvalue weighted by Gasteiger charge is -2.03. The molecule has 0 radical (unpaired) electrons. The van der Waals surface area contributed by atoms with Gasteiger partial charge in [0.25, 0.3) is 5.91 Å². The Morgan fingerprint density at radius 2 is 2.11 bits per heavy atom. The number of anilines is 1. The summed E-state index contributed by atoms with van der Waals surface area (Å²) in [6, 6.07) is 10.2. The topological polar surface area (TPSA) is 68.0 Å². The summed E-state index contributed by atoms with van der Waals surface area (Å²) in [7, 11) is 0. The molecule has 2 aromatic rings. The fourth-order valence-corrected chi connectivity index (χ4v) is 2.16. The third kappa shape index (κ3) is 3.56. The monoisotopic (exact) mass is 261 g/mol. The quantitative estimate of drug-likeness (QED) is 0.810. The van der Waals surface area contributed by atoms with E-state index in [1.165, 1.54) is 16.9 Å². The van der Waals surface area contributed by atoms with E-state index in [1.807, 2.05) is 18.2 Å². The minimum absolute atomic E-state index is 0.156. The van der Waals surface area contributed by atoms with Crippen molar-refractivity contribution in [3.63, 3.8) is 0 Å². The van der Waals surface area contributed by atoms with Gasteiger partial charge in [0.1, 0.15) is 5.69 Å². The molecular formula is C13H15N3OS. The molecule has 0 bridgehead atoms. The van der Waals surface area contributed by atoms with Gasteiger partial charge in [0.2, 0.25) is 0 Å². The van der Waals surface area contributed by atoms with Gasteiger partial charge in [0.15, 0.2) is 5.13 Å². The average molecular weight is 261 g/mol. The van der Waals surface area contributed by atoms with E-state index >= 15 is 0 Å². The van der Waals surface area contributed by atoms with E-state index in [9.17, 15) is 4.79 Å². The Hall–Kier alpha value is -1.88. The largest absolute Gasteiger partial charge is 0.375 e. The van der Waals surface area contributed by atoms with Crippen LogP contribution in [0.25, 0.3) is 0 Å². The van der Waals surface area contributed by atoms with Crippen molar-refractivity contribution < 1.29 is 4.79 Å². The van der Waals surface area contributed by atoms with E-state index in [2.05, 4.69) is 22.4 Å². The van der Waals surface area contributed by atoms with Gasteiger partial charge in [-0.05, 0) is 18.4 Å². The first kappa shape index (κ1) is 12.6. The second kappa shape index (κ2) is 6.16. The second-order valence-corrected chi connectivity index (χ2v) is 4.81. The van der Waals surface area contributed by atoms with E-state index in [1.54, 1.807) is 5.38 Å². The molecule has 4 nitrogen and oxygen atoms in total. The molecule has 2 rings (SSSR count). The lowest BCUT2D eigenvalue weighted by atomic mass is 10.1. The number of nitrogens with two attached hydrogens (primary N) is 1. The number of nitrogens with zero attached hydrogens (tertiary/aromatic N) is 1. The molecule has 5 heteroatoms. The number of carbonyl (C=O) groups is 1. The summed E-state index contributed by atoms with van der Waals surface area (Å²) < 4.78 is 0. The van der Waals surface area contributed by atoms with Crippen LogP contribution in [0.5, 0.6) is 0 Å². The molecule has 0 aliphatic carbocycles. The Bertz CT molecular complexity index is 510. The lowest BCUT2D eigenvalue weighted by Crippen LogP contribution is -2.25. The van der Waals surface area contributed by atoms with Crippen molar-refractivity contribution >= 4 is 22.4 Å². The van der Waals surface area contributed by atoms with Crippen molar-refractivity contribution in [2.45, 2.75) is 12.8 Å². The number of amides is 1. The molecule has 0 unspecified atom stereocenters. The predicted octanol–water partition coefficient (Wildman–Crippen LogP) is 2.09. The molecule has 1 aromatic heterocycles. The molecule has 3 N–H and O–H groups in total. The molecule has 0 aliphatic rings. The first-order valence-electron chi connectivity index (χ1n) is 5.79. The van der Waals surface area contributed by atoms with Crippen LogP contribution in [0.15, 0.2) is 35.7 Å². The highest BCUT2D eigenvalue weighted by Crippen LogP contribution is 2.10. The Morgan fingerprint density at radius 1 is 1.33 bits per heavy atom.